The molecule has 0 saturated carbocycles. The standard InChI is InChI=1S/C24H25F4N7O/c1-29-6-9-35-12-19(15-2-3-18(25)17(10-15)24(26,27)28)32-22(35)14-4-7-34(8-5-14)23-16-11-20(36)33-21(16)30-13-31-23/h2-3,10-12,14,29H,4-9,13H2,1H3,(H,30,33,36). The molecule has 12 heteroatoms. The summed E-state index contributed by atoms with van der Waals surface area (Å²) in [5.41, 5.74) is 0.0100. The Bertz CT molecular complexity index is 1270. The zero-order chi connectivity index (χ0) is 25.4. The van der Waals surface area contributed by atoms with Crippen molar-refractivity contribution in [2.45, 2.75) is 31.5 Å². The molecular formula is C24H25F4N7O. The normalized spacial score (nSPS) is 18.5. The number of carbonyl (C=O) groups excluding carboxylic acids is 1. The number of alkyl halides is 3. The smallest absolute Gasteiger partial charge is 0.356 e. The molecule has 0 bridgehead atoms. The maximum Gasteiger partial charge on any atom is 0.419 e. The fourth-order valence-electron chi connectivity index (χ4n) is 4.80. The Kier molecular flexibility index (Phi) is 6.37. The first kappa shape index (κ1) is 24.2. The molecule has 0 atom stereocenters. The van der Waals surface area contributed by atoms with Gasteiger partial charge in [0.15, 0.2) is 0 Å². The van der Waals surface area contributed by atoms with Crippen molar-refractivity contribution in [1.29, 1.82) is 0 Å². The number of hydrogen-bond acceptors (Lipinski definition) is 6. The highest BCUT2D eigenvalue weighted by Gasteiger charge is 2.35. The predicted octanol–water partition coefficient (Wildman–Crippen LogP) is 2.93. The van der Waals surface area contributed by atoms with Gasteiger partial charge in [0.25, 0.3) is 0 Å². The molecule has 0 radical (unpaired) electrons. The van der Waals surface area contributed by atoms with E-state index in [2.05, 4.69) is 25.5 Å². The summed E-state index contributed by atoms with van der Waals surface area (Å²) in [7, 11) is 1.82. The Morgan fingerprint density at radius 1 is 1.19 bits per heavy atom. The lowest BCUT2D eigenvalue weighted by molar-refractivity contribution is -0.140. The average Bonchev–Trinajstić information content (AvgIpc) is 3.45. The number of fused-ring (bicyclic) bond motifs is 1. The largest absolute Gasteiger partial charge is 0.419 e. The van der Waals surface area contributed by atoms with Crippen molar-refractivity contribution in [2.24, 2.45) is 9.98 Å². The van der Waals surface area contributed by atoms with Gasteiger partial charge in [-0.25, -0.2) is 19.4 Å². The van der Waals surface area contributed by atoms with Crippen molar-refractivity contribution in [3.05, 3.63) is 53.3 Å². The Balaban J connectivity index is 1.37. The number of carbonyl (C=O) groups is 1. The van der Waals surface area contributed by atoms with Crippen LogP contribution in [0.4, 0.5) is 17.6 Å². The summed E-state index contributed by atoms with van der Waals surface area (Å²) < 4.78 is 55.6. The molecule has 190 valence electrons. The third-order valence-corrected chi connectivity index (χ3v) is 6.60. The molecule has 0 unspecified atom stereocenters. The minimum atomic E-state index is -4.79. The van der Waals surface area contributed by atoms with Gasteiger partial charge in [0.2, 0.25) is 5.91 Å². The molecule has 3 aliphatic heterocycles. The number of aliphatic imine (C=N–C) groups is 2. The number of amides is 1. The molecule has 2 N–H and O–H groups in total. The van der Waals surface area contributed by atoms with Crippen molar-refractivity contribution in [3.63, 3.8) is 0 Å². The Hall–Kier alpha value is -3.54. The molecule has 1 aromatic heterocycles. The highest BCUT2D eigenvalue weighted by atomic mass is 19.4. The lowest BCUT2D eigenvalue weighted by Gasteiger charge is -2.35. The fourth-order valence-corrected chi connectivity index (χ4v) is 4.80. The van der Waals surface area contributed by atoms with Gasteiger partial charge in [0, 0.05) is 49.9 Å². The molecular weight excluding hydrogens is 478 g/mol. The number of hydrogen-bond donors (Lipinski definition) is 2. The highest BCUT2D eigenvalue weighted by Crippen LogP contribution is 2.35. The van der Waals surface area contributed by atoms with Gasteiger partial charge in [-0.15, -0.1) is 0 Å². The molecule has 3 aliphatic rings. The molecule has 1 amide bonds. The molecule has 36 heavy (non-hydrogen) atoms. The summed E-state index contributed by atoms with van der Waals surface area (Å²) in [5, 5.41) is 5.80. The van der Waals surface area contributed by atoms with Crippen LogP contribution < -0.4 is 10.6 Å². The van der Waals surface area contributed by atoms with E-state index in [1.54, 1.807) is 6.20 Å². The minimum absolute atomic E-state index is 0.0871. The molecule has 0 spiro atoms. The van der Waals surface area contributed by atoms with Gasteiger partial charge in [-0.1, -0.05) is 0 Å². The monoisotopic (exact) mass is 503 g/mol. The second-order valence-electron chi connectivity index (χ2n) is 8.91. The van der Waals surface area contributed by atoms with Crippen LogP contribution in [0.1, 0.15) is 30.1 Å². The van der Waals surface area contributed by atoms with Crippen LogP contribution in [0.2, 0.25) is 0 Å². The Morgan fingerprint density at radius 2 is 1.97 bits per heavy atom. The first-order valence-corrected chi connectivity index (χ1v) is 11.7. The van der Waals surface area contributed by atoms with Gasteiger partial charge in [-0.3, -0.25) is 4.79 Å². The van der Waals surface area contributed by atoms with E-state index in [0.29, 0.717) is 43.3 Å². The SMILES string of the molecule is CNCCn1cc(-c2ccc(F)c(C(F)(F)F)c2)nc1C1CCN(C2=NCN=C3NC(=O)C=C32)CC1. The summed E-state index contributed by atoms with van der Waals surface area (Å²) in [5.74, 6) is 0.675. The molecule has 1 aromatic carbocycles. The number of piperidine rings is 1. The van der Waals surface area contributed by atoms with Gasteiger partial charge in [-0.05, 0) is 38.1 Å². The predicted molar refractivity (Wildman–Crippen MR) is 126 cm³/mol. The summed E-state index contributed by atoms with van der Waals surface area (Å²) in [6.45, 7) is 2.89. The number of nitrogens with zero attached hydrogens (tertiary/aromatic N) is 5. The minimum Gasteiger partial charge on any atom is -0.356 e. The van der Waals surface area contributed by atoms with Crippen LogP contribution in [0.5, 0.6) is 0 Å². The van der Waals surface area contributed by atoms with E-state index in [9.17, 15) is 22.4 Å². The Labute approximate surface area is 204 Å². The molecule has 2 aromatic rings. The van der Waals surface area contributed by atoms with Crippen LogP contribution >= 0.6 is 0 Å². The van der Waals surface area contributed by atoms with Gasteiger partial charge in [0.1, 0.15) is 30.0 Å². The lowest BCUT2D eigenvalue weighted by Crippen LogP contribution is -2.42. The molecule has 5 rings (SSSR count). The number of likely N-dealkylation sites (tertiary alicyclic amines) is 1. The van der Waals surface area contributed by atoms with Gasteiger partial charge in [0.05, 0.1) is 16.8 Å². The van der Waals surface area contributed by atoms with E-state index in [1.807, 2.05) is 11.6 Å². The first-order chi connectivity index (χ1) is 17.2. The third kappa shape index (κ3) is 4.64. The van der Waals surface area contributed by atoms with E-state index < -0.39 is 17.6 Å². The Morgan fingerprint density at radius 3 is 2.69 bits per heavy atom. The van der Waals surface area contributed by atoms with E-state index >= 15 is 0 Å². The molecule has 4 heterocycles. The van der Waals surface area contributed by atoms with Crippen LogP contribution in [0, 0.1) is 5.82 Å². The number of benzene rings is 1. The van der Waals surface area contributed by atoms with Crippen molar-refractivity contribution in [3.8, 4) is 11.3 Å². The van der Waals surface area contributed by atoms with E-state index in [0.717, 1.165) is 36.6 Å². The summed E-state index contributed by atoms with van der Waals surface area (Å²) in [6, 6.07) is 2.98. The second-order valence-corrected chi connectivity index (χ2v) is 8.91. The number of likely N-dealkylation sites (N-methyl/N-ethyl adjacent to an activating group) is 1. The van der Waals surface area contributed by atoms with Crippen molar-refractivity contribution < 1.29 is 22.4 Å². The second kappa shape index (κ2) is 9.49. The topological polar surface area (TPSA) is 86.9 Å². The average molecular weight is 504 g/mol. The van der Waals surface area contributed by atoms with Gasteiger partial charge < -0.3 is 20.1 Å². The van der Waals surface area contributed by atoms with Crippen LogP contribution in [0.25, 0.3) is 11.3 Å². The number of aromatic nitrogens is 2. The maximum absolute atomic E-state index is 13.8. The van der Waals surface area contributed by atoms with Crippen LogP contribution in [0.15, 0.2) is 46.0 Å². The summed E-state index contributed by atoms with van der Waals surface area (Å²) >= 11 is 0. The highest BCUT2D eigenvalue weighted by molar-refractivity contribution is 6.33. The van der Waals surface area contributed by atoms with Crippen molar-refractivity contribution >= 4 is 17.6 Å². The van der Waals surface area contributed by atoms with E-state index in [1.165, 1.54) is 12.1 Å². The number of rotatable bonds is 5. The van der Waals surface area contributed by atoms with E-state index in [4.69, 9.17) is 4.98 Å². The van der Waals surface area contributed by atoms with Crippen molar-refractivity contribution in [1.82, 2.24) is 25.1 Å². The van der Waals surface area contributed by atoms with Gasteiger partial charge >= 0.3 is 6.18 Å². The number of nitrogens with one attached hydrogen (secondary N) is 2. The van der Waals surface area contributed by atoms with Crippen LogP contribution in [0.3, 0.4) is 0 Å². The number of halogens is 4. The zero-order valence-corrected chi connectivity index (χ0v) is 19.6. The molecule has 1 saturated heterocycles. The molecule has 1 fully saturated rings. The number of amidine groups is 2. The zero-order valence-electron chi connectivity index (χ0n) is 19.6. The molecule has 0 aliphatic carbocycles. The first-order valence-electron chi connectivity index (χ1n) is 11.7. The number of imidazole rings is 1. The lowest BCUT2D eigenvalue weighted by atomic mass is 9.95. The van der Waals surface area contributed by atoms with E-state index in [-0.39, 0.29) is 24.1 Å². The molecule has 8 nitrogen and oxygen atoms in total. The quantitative estimate of drug-likeness (QED) is 0.615. The maximum atomic E-state index is 13.8. The summed E-state index contributed by atoms with van der Waals surface area (Å²) in [6.07, 6.45) is -0.0227. The third-order valence-electron chi connectivity index (χ3n) is 6.60. The van der Waals surface area contributed by atoms with Crippen LogP contribution in [-0.4, -0.2) is 65.4 Å². The summed E-state index contributed by atoms with van der Waals surface area (Å²) in [4.78, 5) is 27.4. The fraction of sp³-hybridized carbons (Fsp3) is 0.417. The van der Waals surface area contributed by atoms with Crippen molar-refractivity contribution in [2.75, 3.05) is 33.4 Å². The van der Waals surface area contributed by atoms with Gasteiger partial charge in [-0.2, -0.15) is 13.2 Å². The van der Waals surface area contributed by atoms with Crippen LogP contribution in [-0.2, 0) is 17.5 Å².